The minimum absolute atomic E-state index is 0. The summed E-state index contributed by atoms with van der Waals surface area (Å²) >= 11 is 0. The first kappa shape index (κ1) is 38.4. The fraction of sp³-hybridized carbons (Fsp3) is 0.739. The molecule has 1 aromatic rings. The van der Waals surface area contributed by atoms with E-state index in [-0.39, 0.29) is 6.15 Å². The van der Waals surface area contributed by atoms with Gasteiger partial charge in [-0.25, -0.2) is 8.42 Å². The maximum atomic E-state index is 9.33. The van der Waals surface area contributed by atoms with Crippen molar-refractivity contribution < 1.29 is 34.3 Å². The summed E-state index contributed by atoms with van der Waals surface area (Å²) < 4.78 is 61.7. The predicted molar refractivity (Wildman–Crippen MR) is 142 cm³/mol. The van der Waals surface area contributed by atoms with Crippen LogP contribution >= 0.6 is 0 Å². The molecule has 0 amide bonds. The Balaban J connectivity index is -0.000000652. The van der Waals surface area contributed by atoms with Crippen LogP contribution in [-0.4, -0.2) is 60.8 Å². The maximum Gasteiger partial charge on any atom is 0.397 e. The number of unbranched alkanes of at least 4 members (excludes halogenated alkanes) is 10. The molecule has 12 heteroatoms. The van der Waals surface area contributed by atoms with Gasteiger partial charge in [0.25, 0.3) is 0 Å². The van der Waals surface area contributed by atoms with E-state index < -0.39 is 20.8 Å². The van der Waals surface area contributed by atoms with E-state index >= 15 is 0 Å². The van der Waals surface area contributed by atoms with E-state index in [0.29, 0.717) is 0 Å². The summed E-state index contributed by atoms with van der Waals surface area (Å²) in [5, 5.41) is 0. The van der Waals surface area contributed by atoms with Crippen molar-refractivity contribution in [2.24, 2.45) is 0 Å². The van der Waals surface area contributed by atoms with Gasteiger partial charge in [0.1, 0.15) is 5.69 Å². The molecule has 0 fully saturated rings. The van der Waals surface area contributed by atoms with E-state index in [1.807, 2.05) is 0 Å². The number of quaternary nitrogens is 1. The van der Waals surface area contributed by atoms with Crippen LogP contribution < -0.4 is 10.6 Å². The maximum absolute atomic E-state index is 9.33. The summed E-state index contributed by atoms with van der Waals surface area (Å²) in [6, 6.07) is 10.9. The van der Waals surface area contributed by atoms with Crippen LogP contribution in [0, 0.1) is 0 Å². The van der Waals surface area contributed by atoms with Crippen LogP contribution in [0.15, 0.2) is 30.3 Å². The molecule has 0 unspecified atom stereocenters. The van der Waals surface area contributed by atoms with Gasteiger partial charge in [0.15, 0.2) is 0 Å². The van der Waals surface area contributed by atoms with E-state index in [9.17, 15) is 21.4 Å². The Kier molecular flexibility index (Phi) is 24.3. The first-order valence-corrected chi connectivity index (χ1v) is 14.4. The normalized spacial score (nSPS) is 11.4. The molecule has 0 saturated carbocycles. The van der Waals surface area contributed by atoms with E-state index in [4.69, 9.17) is 4.55 Å². The molecule has 0 aliphatic heterocycles. The smallest absolute Gasteiger partial charge is 0.397 e. The van der Waals surface area contributed by atoms with Gasteiger partial charge in [0.05, 0.1) is 34.9 Å². The van der Waals surface area contributed by atoms with Crippen LogP contribution in [0.1, 0.15) is 77.6 Å². The number of rotatable bonds is 15. The third-order valence-corrected chi connectivity index (χ3v) is 6.02. The summed E-state index contributed by atoms with van der Waals surface area (Å²) in [6.07, 6.45) is 15.6. The number of hydrogen-bond acceptors (Lipinski definition) is 8. The van der Waals surface area contributed by atoms with E-state index in [0.717, 1.165) is 18.7 Å². The lowest BCUT2D eigenvalue weighted by Crippen LogP contribution is -2.41. The van der Waals surface area contributed by atoms with Crippen molar-refractivity contribution in [1.82, 2.24) is 10.6 Å². The largest absolute Gasteiger partial charge is 0.726 e. The van der Waals surface area contributed by atoms with Crippen LogP contribution in [0.2, 0.25) is 0 Å². The topological polar surface area (TPSA) is 165 Å². The predicted octanol–water partition coefficient (Wildman–Crippen LogP) is 5.26. The Bertz CT molecular complexity index is 770. The van der Waals surface area contributed by atoms with E-state index in [2.05, 4.69) is 59.7 Å². The summed E-state index contributed by atoms with van der Waals surface area (Å²) in [4.78, 5) is 0. The van der Waals surface area contributed by atoms with Crippen molar-refractivity contribution in [3.8, 4) is 0 Å². The minimum atomic E-state index is -4.41. The number of para-hydroxylation sites is 1. The molecule has 0 aliphatic rings. The van der Waals surface area contributed by atoms with E-state index in [1.54, 1.807) is 0 Å². The second kappa shape index (κ2) is 22.1. The van der Waals surface area contributed by atoms with Gasteiger partial charge in [-0.1, -0.05) is 82.9 Å². The standard InChI is InChI=1S/C21H38N.2CH4O4S.H3N/c1-4-5-6-7-8-9-10-11-12-13-17-20-22(2,3)21-18-15-14-16-19-21;2*1-5-6(2,3)4;/h14-16,18-19H,4-13,17,20H2,1-3H3;2*1H3,(H,2,3,4);1H3/q+1;;;/p-1. The van der Waals surface area contributed by atoms with Crippen molar-refractivity contribution >= 4 is 26.5 Å². The van der Waals surface area contributed by atoms with Gasteiger partial charge < -0.3 is 10.7 Å². The fourth-order valence-corrected chi connectivity index (χ4v) is 3.13. The lowest BCUT2D eigenvalue weighted by molar-refractivity contribution is 0.314. The molecule has 0 bridgehead atoms. The second-order valence-electron chi connectivity index (χ2n) is 8.45. The zero-order valence-corrected chi connectivity index (χ0v) is 23.8. The molecular weight excluding hydrogens is 496 g/mol. The third kappa shape index (κ3) is 29.0. The quantitative estimate of drug-likeness (QED) is 0.130. The molecule has 4 N–H and O–H groups in total. The molecule has 10 nitrogen and oxygen atoms in total. The van der Waals surface area contributed by atoms with Gasteiger partial charge in [0, 0.05) is 0 Å². The first-order valence-electron chi connectivity index (χ1n) is 11.7. The molecule has 210 valence electrons. The lowest BCUT2D eigenvalue weighted by atomic mass is 10.1. The molecular formula is C23H48N2O8S2. The molecule has 0 heterocycles. The van der Waals surface area contributed by atoms with Crippen molar-refractivity contribution in [2.45, 2.75) is 77.6 Å². The number of benzene rings is 1. The first-order chi connectivity index (χ1) is 15.8. The SMILES string of the molecule is CCCCCCCCCCCCC[N+](C)(C)c1ccccc1.COS(=O)(=O)O.COS(=O)(=O)[O-].N. The van der Waals surface area contributed by atoms with Gasteiger partial charge in [-0.2, -0.15) is 8.42 Å². The van der Waals surface area contributed by atoms with Crippen molar-refractivity contribution in [3.05, 3.63) is 30.3 Å². The third-order valence-electron chi connectivity index (χ3n) is 5.19. The fourth-order valence-electron chi connectivity index (χ4n) is 3.13. The van der Waals surface area contributed by atoms with Gasteiger partial charge in [-0.05, 0) is 25.0 Å². The summed E-state index contributed by atoms with van der Waals surface area (Å²) in [7, 11) is -2.25. The van der Waals surface area contributed by atoms with Crippen LogP contribution in [0.5, 0.6) is 0 Å². The van der Waals surface area contributed by atoms with Crippen molar-refractivity contribution in [3.63, 3.8) is 0 Å². The Labute approximate surface area is 214 Å². The van der Waals surface area contributed by atoms with Crippen molar-refractivity contribution in [1.29, 1.82) is 0 Å². The summed E-state index contributed by atoms with van der Waals surface area (Å²) in [5.41, 5.74) is 1.43. The highest BCUT2D eigenvalue weighted by atomic mass is 32.3. The Morgan fingerprint density at radius 2 is 1.11 bits per heavy atom. The van der Waals surface area contributed by atoms with Gasteiger partial charge in [0.2, 0.25) is 10.4 Å². The van der Waals surface area contributed by atoms with Gasteiger partial charge >= 0.3 is 10.4 Å². The molecule has 1 aromatic carbocycles. The average Bonchev–Trinajstić information content (AvgIpc) is 2.78. The van der Waals surface area contributed by atoms with Crippen LogP contribution in [-0.2, 0) is 29.2 Å². The van der Waals surface area contributed by atoms with Crippen LogP contribution in [0.4, 0.5) is 5.69 Å². The van der Waals surface area contributed by atoms with Gasteiger partial charge in [-0.15, -0.1) is 0 Å². The van der Waals surface area contributed by atoms with Crippen molar-refractivity contribution in [2.75, 3.05) is 34.9 Å². The molecule has 0 saturated heterocycles. The average molecular weight is 545 g/mol. The zero-order chi connectivity index (χ0) is 26.5. The highest BCUT2D eigenvalue weighted by Gasteiger charge is 2.17. The molecule has 1 rings (SSSR count). The van der Waals surface area contributed by atoms with Gasteiger partial charge in [-0.3, -0.25) is 17.4 Å². The molecule has 0 aliphatic carbocycles. The van der Waals surface area contributed by atoms with Crippen LogP contribution in [0.25, 0.3) is 0 Å². The zero-order valence-electron chi connectivity index (χ0n) is 22.1. The molecule has 35 heavy (non-hydrogen) atoms. The molecule has 0 atom stereocenters. The second-order valence-corrected chi connectivity index (χ2v) is 10.8. The Morgan fingerprint density at radius 3 is 1.43 bits per heavy atom. The summed E-state index contributed by atoms with van der Waals surface area (Å²) in [5.74, 6) is 0. The Hall–Kier alpha value is -1.12. The lowest BCUT2D eigenvalue weighted by Gasteiger charge is -2.29. The number of hydrogen-bond donors (Lipinski definition) is 2. The molecule has 0 aromatic heterocycles. The van der Waals surface area contributed by atoms with E-state index in [1.165, 1.54) is 82.9 Å². The monoisotopic (exact) mass is 544 g/mol. The highest BCUT2D eigenvalue weighted by molar-refractivity contribution is 7.81. The molecule has 0 spiro atoms. The highest BCUT2D eigenvalue weighted by Crippen LogP contribution is 2.19. The minimum Gasteiger partial charge on any atom is -0.726 e. The summed E-state index contributed by atoms with van der Waals surface area (Å²) in [6.45, 7) is 3.54. The molecule has 0 radical (unpaired) electrons. The number of nitrogens with zero attached hydrogens (tertiary/aromatic N) is 1. The Morgan fingerprint density at radius 1 is 0.771 bits per heavy atom. The van der Waals surface area contributed by atoms with Crippen LogP contribution in [0.3, 0.4) is 0 Å².